The van der Waals surface area contributed by atoms with Gasteiger partial charge in [-0.15, -0.1) is 0 Å². The molecule has 3 heterocycles. The molecule has 1 aliphatic rings. The molecule has 1 fully saturated rings. The lowest BCUT2D eigenvalue weighted by Crippen LogP contribution is -2.29. The van der Waals surface area contributed by atoms with Crippen LogP contribution >= 0.6 is 0 Å². The second-order valence-electron chi connectivity index (χ2n) is 6.02. The summed E-state index contributed by atoms with van der Waals surface area (Å²) in [6.07, 6.45) is 4.81. The van der Waals surface area contributed by atoms with E-state index in [0.717, 1.165) is 38.4 Å². The molecule has 0 aliphatic carbocycles. The predicted molar refractivity (Wildman–Crippen MR) is 83.6 cm³/mol. The van der Waals surface area contributed by atoms with Gasteiger partial charge in [0.2, 0.25) is 0 Å². The van der Waals surface area contributed by atoms with Gasteiger partial charge in [-0.1, -0.05) is 0 Å². The van der Waals surface area contributed by atoms with Crippen LogP contribution in [0.4, 0.5) is 0 Å². The first-order valence-electron chi connectivity index (χ1n) is 7.90. The Morgan fingerprint density at radius 2 is 2.23 bits per heavy atom. The second kappa shape index (κ2) is 5.94. The van der Waals surface area contributed by atoms with Crippen molar-refractivity contribution in [1.29, 1.82) is 0 Å². The molecule has 2 aromatic rings. The number of rotatable bonds is 4. The minimum Gasteiger partial charge on any atom is -0.337 e. The Balaban J connectivity index is 1.63. The normalized spacial score (nSPS) is 18.1. The first-order chi connectivity index (χ1) is 10.6. The zero-order chi connectivity index (χ0) is 15.7. The van der Waals surface area contributed by atoms with Crippen LogP contribution in [0.5, 0.6) is 0 Å². The fourth-order valence-electron chi connectivity index (χ4n) is 3.10. The molecule has 0 radical (unpaired) electrons. The van der Waals surface area contributed by atoms with Crippen molar-refractivity contribution in [3.8, 4) is 0 Å². The number of hydrogen-bond acceptors (Lipinski definition) is 3. The zero-order valence-corrected chi connectivity index (χ0v) is 13.5. The molecule has 0 bridgehead atoms. The van der Waals surface area contributed by atoms with Gasteiger partial charge in [-0.3, -0.25) is 9.48 Å². The highest BCUT2D eigenvalue weighted by Gasteiger charge is 2.28. The number of nitrogens with zero attached hydrogens (tertiary/aromatic N) is 5. The Bertz CT molecular complexity index is 652. The number of carbonyl (C=O) groups is 1. The summed E-state index contributed by atoms with van der Waals surface area (Å²) in [5, 5.41) is 4.31. The van der Waals surface area contributed by atoms with Crippen molar-refractivity contribution >= 4 is 5.91 Å². The zero-order valence-electron chi connectivity index (χ0n) is 13.5. The molecular formula is C16H23N5O. The summed E-state index contributed by atoms with van der Waals surface area (Å²) in [4.78, 5) is 18.8. The highest BCUT2D eigenvalue weighted by Crippen LogP contribution is 2.21. The molecule has 0 aromatic carbocycles. The molecule has 0 saturated carbocycles. The van der Waals surface area contributed by atoms with Gasteiger partial charge in [-0.05, 0) is 39.2 Å². The highest BCUT2D eigenvalue weighted by atomic mass is 16.2. The lowest BCUT2D eigenvalue weighted by molar-refractivity contribution is 0.0779. The van der Waals surface area contributed by atoms with Crippen LogP contribution in [0.2, 0.25) is 0 Å². The van der Waals surface area contributed by atoms with Crippen molar-refractivity contribution in [3.63, 3.8) is 0 Å². The van der Waals surface area contributed by atoms with E-state index in [1.165, 1.54) is 5.69 Å². The van der Waals surface area contributed by atoms with Crippen molar-refractivity contribution in [2.45, 2.75) is 40.3 Å². The number of amides is 1. The molecular weight excluding hydrogens is 278 g/mol. The summed E-state index contributed by atoms with van der Waals surface area (Å²) in [6, 6.07) is 1.81. The summed E-state index contributed by atoms with van der Waals surface area (Å²) >= 11 is 0. The third-order valence-electron chi connectivity index (χ3n) is 4.45. The third-order valence-corrected chi connectivity index (χ3v) is 4.45. The van der Waals surface area contributed by atoms with E-state index in [0.29, 0.717) is 11.6 Å². The van der Waals surface area contributed by atoms with E-state index < -0.39 is 0 Å². The van der Waals surface area contributed by atoms with Crippen molar-refractivity contribution in [3.05, 3.63) is 35.7 Å². The fourth-order valence-corrected chi connectivity index (χ4v) is 3.10. The molecule has 3 rings (SSSR count). The lowest BCUT2D eigenvalue weighted by atomic mass is 10.1. The lowest BCUT2D eigenvalue weighted by Gasteiger charge is -2.16. The van der Waals surface area contributed by atoms with E-state index in [1.54, 1.807) is 4.68 Å². The van der Waals surface area contributed by atoms with Crippen molar-refractivity contribution < 1.29 is 4.79 Å². The van der Waals surface area contributed by atoms with Crippen LogP contribution in [0.1, 0.15) is 35.4 Å². The minimum absolute atomic E-state index is 0.0498. The number of aryl methyl sites for hydroxylation is 3. The Morgan fingerprint density at radius 1 is 1.41 bits per heavy atom. The van der Waals surface area contributed by atoms with E-state index in [-0.39, 0.29) is 5.91 Å². The van der Waals surface area contributed by atoms with Crippen LogP contribution in [-0.4, -0.2) is 43.2 Å². The first kappa shape index (κ1) is 14.8. The van der Waals surface area contributed by atoms with Gasteiger partial charge < -0.3 is 9.47 Å². The summed E-state index contributed by atoms with van der Waals surface area (Å²) < 4.78 is 4.03. The molecule has 1 saturated heterocycles. The molecule has 0 N–H and O–H groups in total. The maximum absolute atomic E-state index is 12.5. The molecule has 0 spiro atoms. The van der Waals surface area contributed by atoms with Crippen LogP contribution in [-0.2, 0) is 13.1 Å². The molecule has 1 aliphatic heterocycles. The Morgan fingerprint density at radius 3 is 2.86 bits per heavy atom. The molecule has 6 heteroatoms. The van der Waals surface area contributed by atoms with E-state index in [9.17, 15) is 4.79 Å². The van der Waals surface area contributed by atoms with Crippen molar-refractivity contribution in [2.24, 2.45) is 5.92 Å². The summed E-state index contributed by atoms with van der Waals surface area (Å²) in [5.74, 6) is 1.58. The molecule has 118 valence electrons. The van der Waals surface area contributed by atoms with Gasteiger partial charge in [0.1, 0.15) is 11.5 Å². The largest absolute Gasteiger partial charge is 0.337 e. The molecule has 6 nitrogen and oxygen atoms in total. The van der Waals surface area contributed by atoms with Crippen LogP contribution in [0.25, 0.3) is 0 Å². The average molecular weight is 301 g/mol. The maximum Gasteiger partial charge on any atom is 0.274 e. The molecule has 1 amide bonds. The number of likely N-dealkylation sites (tertiary alicyclic amines) is 1. The fraction of sp³-hybridized carbons (Fsp3) is 0.562. The van der Waals surface area contributed by atoms with E-state index in [1.807, 2.05) is 37.2 Å². The van der Waals surface area contributed by atoms with Gasteiger partial charge in [0, 0.05) is 44.3 Å². The number of carbonyl (C=O) groups excluding carboxylic acids is 1. The van der Waals surface area contributed by atoms with Crippen LogP contribution < -0.4 is 0 Å². The Labute approximate surface area is 130 Å². The standard InChI is InChI=1S/C16H23N5O/c1-4-20-8-6-15(18-20)16(22)19-7-5-14(10-19)11-21-12(2)9-17-13(21)3/h6,8-9,14H,4-5,7,10-11H2,1-3H3. The van der Waals surface area contributed by atoms with Crippen molar-refractivity contribution in [2.75, 3.05) is 13.1 Å². The first-order valence-corrected chi connectivity index (χ1v) is 7.90. The number of imidazole rings is 1. The molecule has 1 atom stereocenters. The summed E-state index contributed by atoms with van der Waals surface area (Å²) in [6.45, 7) is 9.46. The average Bonchev–Trinajstić information content (AvgIpc) is 3.23. The van der Waals surface area contributed by atoms with Gasteiger partial charge in [0.05, 0.1) is 0 Å². The SMILES string of the molecule is CCn1ccc(C(=O)N2CCC(Cn3c(C)cnc3C)C2)n1. The molecule has 22 heavy (non-hydrogen) atoms. The number of aromatic nitrogens is 4. The van der Waals surface area contributed by atoms with Gasteiger partial charge >= 0.3 is 0 Å². The van der Waals surface area contributed by atoms with Crippen LogP contribution in [0, 0.1) is 19.8 Å². The third kappa shape index (κ3) is 2.77. The molecule has 2 aromatic heterocycles. The summed E-state index contributed by atoms with van der Waals surface area (Å²) in [5.41, 5.74) is 1.74. The van der Waals surface area contributed by atoms with Gasteiger partial charge in [0.15, 0.2) is 0 Å². The van der Waals surface area contributed by atoms with Gasteiger partial charge in [-0.25, -0.2) is 4.98 Å². The topological polar surface area (TPSA) is 56.0 Å². The Hall–Kier alpha value is -2.11. The maximum atomic E-state index is 12.5. The quantitative estimate of drug-likeness (QED) is 0.866. The predicted octanol–water partition coefficient (Wildman–Crippen LogP) is 1.88. The van der Waals surface area contributed by atoms with Gasteiger partial charge in [0.25, 0.3) is 5.91 Å². The minimum atomic E-state index is 0.0498. The monoisotopic (exact) mass is 301 g/mol. The van der Waals surface area contributed by atoms with E-state index in [4.69, 9.17) is 0 Å². The summed E-state index contributed by atoms with van der Waals surface area (Å²) in [7, 11) is 0. The van der Waals surface area contributed by atoms with Crippen LogP contribution in [0.15, 0.2) is 18.5 Å². The van der Waals surface area contributed by atoms with E-state index in [2.05, 4.69) is 21.6 Å². The van der Waals surface area contributed by atoms with Crippen LogP contribution in [0.3, 0.4) is 0 Å². The van der Waals surface area contributed by atoms with Gasteiger partial charge in [-0.2, -0.15) is 5.10 Å². The molecule has 1 unspecified atom stereocenters. The van der Waals surface area contributed by atoms with Crippen molar-refractivity contribution in [1.82, 2.24) is 24.2 Å². The smallest absolute Gasteiger partial charge is 0.274 e. The number of hydrogen-bond donors (Lipinski definition) is 0. The highest BCUT2D eigenvalue weighted by molar-refractivity contribution is 5.92. The second-order valence-corrected chi connectivity index (χ2v) is 6.02. The Kier molecular flexibility index (Phi) is 4.00. The van der Waals surface area contributed by atoms with E-state index >= 15 is 0 Å².